The first-order valence-electron chi connectivity index (χ1n) is 23.9. The number of aromatic nitrogens is 1. The van der Waals surface area contributed by atoms with Crippen molar-refractivity contribution in [3.63, 3.8) is 0 Å². The van der Waals surface area contributed by atoms with Crippen LogP contribution in [0.25, 0.3) is 88.5 Å². The van der Waals surface area contributed by atoms with Gasteiger partial charge in [0, 0.05) is 46.2 Å². The lowest BCUT2D eigenvalue weighted by molar-refractivity contribution is 1.08. The number of hydrogen-bond donors (Lipinski definition) is 1. The lowest BCUT2D eigenvalue weighted by Gasteiger charge is -2.34. The van der Waals surface area contributed by atoms with Gasteiger partial charge in [0.25, 0.3) is 0 Å². The van der Waals surface area contributed by atoms with Crippen LogP contribution in [0.4, 0.5) is 17.1 Å². The van der Waals surface area contributed by atoms with Crippen LogP contribution in [-0.4, -0.2) is 10.8 Å². The van der Waals surface area contributed by atoms with Crippen molar-refractivity contribution in [1.29, 1.82) is 5.41 Å². The Hall–Kier alpha value is -9.05. The molecule has 1 aromatic heterocycles. The molecule has 3 heteroatoms. The number of fused-ring (bicyclic) bond motifs is 7. The SMILES string of the molecule is C=C/C=C\c1c(C)c(-c2ccc(/C(C=N)=C/C(=C)c3cc(N4c5ccccc5Cc5ccccc54)cc(-n4c5ccccc5c5ccccc54)c3)cc2)c2ccccc2c1-c1cccc2ccccc12. The Bertz CT molecular complexity index is 3890. The number of nitrogens with zero attached hydrogens (tertiary/aromatic N) is 2. The predicted molar refractivity (Wildman–Crippen MR) is 300 cm³/mol. The fraction of sp³-hybridized carbons (Fsp3) is 0.0299. The largest absolute Gasteiger partial charge is 0.310 e. The first-order chi connectivity index (χ1) is 34.5. The number of nitrogens with one attached hydrogen (secondary N) is 1. The zero-order chi connectivity index (χ0) is 47.3. The lowest BCUT2D eigenvalue weighted by atomic mass is 9.82. The Labute approximate surface area is 409 Å². The summed E-state index contributed by atoms with van der Waals surface area (Å²) in [7, 11) is 0. The molecular weight excluding hydrogens is 847 g/mol. The molecule has 11 aromatic rings. The minimum atomic E-state index is 0.775. The highest BCUT2D eigenvalue weighted by Gasteiger charge is 2.26. The number of allylic oxidation sites excluding steroid dienone is 5. The van der Waals surface area contributed by atoms with E-state index in [2.05, 4.69) is 241 Å². The van der Waals surface area contributed by atoms with Crippen molar-refractivity contribution in [3.05, 3.63) is 271 Å². The van der Waals surface area contributed by atoms with Gasteiger partial charge >= 0.3 is 0 Å². The third-order valence-corrected chi connectivity index (χ3v) is 14.2. The Morgan fingerprint density at radius 1 is 0.543 bits per heavy atom. The molecule has 12 rings (SSSR count). The molecule has 332 valence electrons. The van der Waals surface area contributed by atoms with E-state index in [1.807, 2.05) is 12.2 Å². The molecule has 70 heavy (non-hydrogen) atoms. The van der Waals surface area contributed by atoms with E-state index in [1.165, 1.54) is 88.9 Å². The summed E-state index contributed by atoms with van der Waals surface area (Å²) >= 11 is 0. The molecule has 0 spiro atoms. The van der Waals surface area contributed by atoms with Crippen molar-refractivity contribution in [3.8, 4) is 27.9 Å². The predicted octanol–water partition coefficient (Wildman–Crippen LogP) is 18.1. The van der Waals surface area contributed by atoms with E-state index in [0.29, 0.717) is 0 Å². The van der Waals surface area contributed by atoms with Crippen LogP contribution in [0.3, 0.4) is 0 Å². The van der Waals surface area contributed by atoms with Crippen LogP contribution in [0.5, 0.6) is 0 Å². The van der Waals surface area contributed by atoms with Gasteiger partial charge in [-0.2, -0.15) is 0 Å². The third kappa shape index (κ3) is 7.10. The Balaban J connectivity index is 0.984. The van der Waals surface area contributed by atoms with Gasteiger partial charge in [0.15, 0.2) is 0 Å². The van der Waals surface area contributed by atoms with Crippen LogP contribution in [0.2, 0.25) is 0 Å². The summed E-state index contributed by atoms with van der Waals surface area (Å²) in [6.07, 6.45) is 10.5. The van der Waals surface area contributed by atoms with Crippen molar-refractivity contribution in [2.45, 2.75) is 13.3 Å². The molecule has 0 fully saturated rings. The molecule has 3 nitrogen and oxygen atoms in total. The number of rotatable bonds is 10. The van der Waals surface area contributed by atoms with Crippen LogP contribution in [-0.2, 0) is 6.42 Å². The smallest absolute Gasteiger partial charge is 0.0541 e. The van der Waals surface area contributed by atoms with E-state index in [4.69, 9.17) is 12.0 Å². The highest BCUT2D eigenvalue weighted by molar-refractivity contribution is 6.15. The fourth-order valence-electron chi connectivity index (χ4n) is 11.0. The molecule has 0 radical (unpaired) electrons. The first-order valence-corrected chi connectivity index (χ1v) is 23.9. The normalized spacial score (nSPS) is 12.5. The molecule has 1 aliphatic rings. The van der Waals surface area contributed by atoms with Gasteiger partial charge in [0.2, 0.25) is 0 Å². The Morgan fingerprint density at radius 2 is 1.10 bits per heavy atom. The van der Waals surface area contributed by atoms with E-state index in [1.54, 1.807) is 0 Å². The summed E-state index contributed by atoms with van der Waals surface area (Å²) in [6, 6.07) is 74.3. The summed E-state index contributed by atoms with van der Waals surface area (Å²) in [5.41, 5.74) is 19.9. The van der Waals surface area contributed by atoms with E-state index in [9.17, 15) is 0 Å². The van der Waals surface area contributed by atoms with Gasteiger partial charge in [-0.3, -0.25) is 0 Å². The molecule has 0 unspecified atom stereocenters. The Kier molecular flexibility index (Phi) is 10.6. The van der Waals surface area contributed by atoms with E-state index in [-0.39, 0.29) is 0 Å². The average Bonchev–Trinajstić information content (AvgIpc) is 3.75. The first kappa shape index (κ1) is 42.3. The monoisotopic (exact) mass is 895 g/mol. The van der Waals surface area contributed by atoms with Gasteiger partial charge < -0.3 is 14.9 Å². The molecule has 1 N–H and O–H groups in total. The van der Waals surface area contributed by atoms with Crippen molar-refractivity contribution in [1.82, 2.24) is 4.57 Å². The third-order valence-electron chi connectivity index (χ3n) is 14.2. The second-order valence-electron chi connectivity index (χ2n) is 18.2. The maximum Gasteiger partial charge on any atom is 0.0541 e. The van der Waals surface area contributed by atoms with Gasteiger partial charge in [-0.25, -0.2) is 0 Å². The van der Waals surface area contributed by atoms with Gasteiger partial charge in [-0.15, -0.1) is 0 Å². The minimum Gasteiger partial charge on any atom is -0.310 e. The number of anilines is 3. The van der Waals surface area contributed by atoms with E-state index >= 15 is 0 Å². The van der Waals surface area contributed by atoms with Gasteiger partial charge in [0.1, 0.15) is 0 Å². The molecule has 0 bridgehead atoms. The summed E-state index contributed by atoms with van der Waals surface area (Å²) in [5, 5.41) is 16.1. The lowest BCUT2D eigenvalue weighted by Crippen LogP contribution is -2.18. The molecule has 0 amide bonds. The highest BCUT2D eigenvalue weighted by Crippen LogP contribution is 2.47. The second-order valence-corrected chi connectivity index (χ2v) is 18.2. The number of benzene rings is 10. The highest BCUT2D eigenvalue weighted by atomic mass is 15.2. The van der Waals surface area contributed by atoms with Gasteiger partial charge in [0.05, 0.1) is 11.0 Å². The molecule has 10 aromatic carbocycles. The van der Waals surface area contributed by atoms with Crippen molar-refractivity contribution < 1.29 is 0 Å². The summed E-state index contributed by atoms with van der Waals surface area (Å²) in [4.78, 5) is 2.40. The maximum absolute atomic E-state index is 8.81. The average molecular weight is 896 g/mol. The summed E-state index contributed by atoms with van der Waals surface area (Å²) in [5.74, 6) is 0. The quantitative estimate of drug-likeness (QED) is 0.108. The van der Waals surface area contributed by atoms with Crippen LogP contribution < -0.4 is 4.90 Å². The molecule has 0 atom stereocenters. The number of para-hydroxylation sites is 4. The molecule has 0 saturated heterocycles. The molecule has 0 saturated carbocycles. The van der Waals surface area contributed by atoms with Crippen molar-refractivity contribution >= 4 is 83.8 Å². The van der Waals surface area contributed by atoms with Crippen LogP contribution >= 0.6 is 0 Å². The topological polar surface area (TPSA) is 32.0 Å². The van der Waals surface area contributed by atoms with Crippen molar-refractivity contribution in [2.24, 2.45) is 0 Å². The van der Waals surface area contributed by atoms with Gasteiger partial charge in [-0.1, -0.05) is 195 Å². The molecular formula is C67H49N3. The second kappa shape index (κ2) is 17.6. The summed E-state index contributed by atoms with van der Waals surface area (Å²) in [6.45, 7) is 11.0. The van der Waals surface area contributed by atoms with E-state index < -0.39 is 0 Å². The number of hydrogen-bond acceptors (Lipinski definition) is 2. The molecule has 2 heterocycles. The zero-order valence-electron chi connectivity index (χ0n) is 39.0. The molecule has 0 aliphatic carbocycles. The van der Waals surface area contributed by atoms with E-state index in [0.717, 1.165) is 56.7 Å². The van der Waals surface area contributed by atoms with Gasteiger partial charge in [-0.05, 0) is 144 Å². The standard InChI is InChI=1S/C67H49N3/c1-4-5-23-55-45(3)66(60-27-10-11-28-61(60)67(55)59-29-18-22-47-19-6-9-24-56(47)59)48-36-34-46(35-37-48)52(43-68)38-44(2)51-40-53(69-62-30-14-7-20-49(62)39-50-21-8-15-31-63(50)69)42-54(41-51)70-64-32-16-12-25-57(64)58-26-13-17-33-65(58)70/h4-38,40-43,68H,1-2,39H2,3H3/b23-5-,52-38+,68-43?. The zero-order valence-corrected chi connectivity index (χ0v) is 39.0. The summed E-state index contributed by atoms with van der Waals surface area (Å²) < 4.78 is 2.38. The maximum atomic E-state index is 8.81. The van der Waals surface area contributed by atoms with Crippen LogP contribution in [0, 0.1) is 12.3 Å². The Morgan fingerprint density at radius 3 is 1.76 bits per heavy atom. The molecule has 1 aliphatic heterocycles. The van der Waals surface area contributed by atoms with Crippen LogP contribution in [0.1, 0.15) is 33.4 Å². The minimum absolute atomic E-state index is 0.775. The van der Waals surface area contributed by atoms with Crippen LogP contribution in [0.15, 0.2) is 238 Å². The van der Waals surface area contributed by atoms with Crippen molar-refractivity contribution in [2.75, 3.05) is 4.90 Å². The fourth-order valence-corrected chi connectivity index (χ4v) is 11.0.